The third-order valence-corrected chi connectivity index (χ3v) is 11.4. The molecule has 0 aromatic heterocycles. The molecular weight excluding hydrogens is 683 g/mol. The Morgan fingerprint density at radius 3 is 1.47 bits per heavy atom. The lowest BCUT2D eigenvalue weighted by molar-refractivity contribution is -0.160. The predicted molar refractivity (Wildman–Crippen MR) is 234 cm³/mol. The number of carbonyl (C=O) groups excluding carboxylic acids is 3. The molecule has 1 fully saturated rings. The molecule has 2 amide bonds. The third-order valence-electron chi connectivity index (χ3n) is 11.4. The molecular formula is C48H89N3O4. The van der Waals surface area contributed by atoms with Crippen LogP contribution in [-0.2, 0) is 19.1 Å². The molecule has 0 radical (unpaired) electrons. The van der Waals surface area contributed by atoms with Crippen molar-refractivity contribution >= 4 is 17.8 Å². The Hall–Kier alpha value is -2.15. The molecule has 1 atom stereocenters. The lowest BCUT2D eigenvalue weighted by Gasteiger charge is -2.49. The van der Waals surface area contributed by atoms with Gasteiger partial charge in [0.15, 0.2) is 0 Å². The summed E-state index contributed by atoms with van der Waals surface area (Å²) in [6.45, 7) is 8.07. The van der Waals surface area contributed by atoms with Crippen molar-refractivity contribution in [3.05, 3.63) is 24.3 Å². The second kappa shape index (κ2) is 35.0. The van der Waals surface area contributed by atoms with Gasteiger partial charge in [0.05, 0.1) is 6.61 Å². The first-order chi connectivity index (χ1) is 26.8. The van der Waals surface area contributed by atoms with Gasteiger partial charge in [0.25, 0.3) is 0 Å². The van der Waals surface area contributed by atoms with Crippen LogP contribution in [0.3, 0.4) is 0 Å². The van der Waals surface area contributed by atoms with E-state index < -0.39 is 11.6 Å². The zero-order chi connectivity index (χ0) is 40.2. The van der Waals surface area contributed by atoms with Gasteiger partial charge in [-0.3, -0.25) is 14.4 Å². The highest BCUT2D eigenvalue weighted by molar-refractivity contribution is 6.00. The number of unbranched alkanes of at least 4 members (excludes halogenated alkanes) is 22. The van der Waals surface area contributed by atoms with Gasteiger partial charge in [-0.15, -0.1) is 0 Å². The first-order valence-corrected chi connectivity index (χ1v) is 23.5. The van der Waals surface area contributed by atoms with E-state index in [1.54, 1.807) is 6.92 Å². The van der Waals surface area contributed by atoms with E-state index in [2.05, 4.69) is 62.5 Å². The van der Waals surface area contributed by atoms with Crippen LogP contribution in [-0.4, -0.2) is 73.0 Å². The Balaban J connectivity index is 2.73. The Morgan fingerprint density at radius 1 is 0.636 bits per heavy atom. The summed E-state index contributed by atoms with van der Waals surface area (Å²) in [7, 11) is 4.11. The monoisotopic (exact) mass is 772 g/mol. The van der Waals surface area contributed by atoms with E-state index in [0.29, 0.717) is 26.0 Å². The van der Waals surface area contributed by atoms with Crippen molar-refractivity contribution in [3.63, 3.8) is 0 Å². The van der Waals surface area contributed by atoms with Crippen molar-refractivity contribution < 1.29 is 19.1 Å². The van der Waals surface area contributed by atoms with E-state index in [-0.39, 0.29) is 30.6 Å². The van der Waals surface area contributed by atoms with E-state index in [1.165, 1.54) is 116 Å². The van der Waals surface area contributed by atoms with E-state index >= 15 is 0 Å². The smallest absolute Gasteiger partial charge is 0.305 e. The first kappa shape index (κ1) is 50.9. The van der Waals surface area contributed by atoms with E-state index in [4.69, 9.17) is 4.74 Å². The van der Waals surface area contributed by atoms with Crippen molar-refractivity contribution in [2.75, 3.05) is 33.8 Å². The summed E-state index contributed by atoms with van der Waals surface area (Å²) < 4.78 is 5.14. The Labute approximate surface area is 340 Å². The number of nitrogens with one attached hydrogen (secondary N) is 1. The number of amides is 2. The maximum Gasteiger partial charge on any atom is 0.305 e. The minimum Gasteiger partial charge on any atom is -0.466 e. The van der Waals surface area contributed by atoms with Crippen LogP contribution in [0.2, 0.25) is 0 Å². The van der Waals surface area contributed by atoms with Crippen LogP contribution in [0.25, 0.3) is 0 Å². The van der Waals surface area contributed by atoms with E-state index in [0.717, 1.165) is 64.3 Å². The van der Waals surface area contributed by atoms with Gasteiger partial charge in [0.2, 0.25) is 11.8 Å². The molecule has 55 heavy (non-hydrogen) atoms. The van der Waals surface area contributed by atoms with Gasteiger partial charge in [0, 0.05) is 13.0 Å². The molecule has 0 aromatic rings. The minimum absolute atomic E-state index is 0.0168. The maximum atomic E-state index is 14.3. The standard InChI is InChI=1S/C48H89N3O4/c1-6-9-11-13-15-17-19-21-23-25-27-29-31-33-35-40-48(41-36-34-32-30-28-26-24-22-20-18-16-14-12-10-7-2)47(54)49-44(38-39-45(52)55-8-3)46(53)51(48)43-37-42-50(4)5/h21-24,44H,6-20,25-43H2,1-5H3,(H,49,54)/b23-21+,24-22+. The van der Waals surface area contributed by atoms with Crippen molar-refractivity contribution in [2.24, 2.45) is 0 Å². The second-order valence-corrected chi connectivity index (χ2v) is 16.7. The van der Waals surface area contributed by atoms with Crippen molar-refractivity contribution in [2.45, 2.75) is 231 Å². The summed E-state index contributed by atoms with van der Waals surface area (Å²) in [6, 6.07) is -0.674. The summed E-state index contributed by atoms with van der Waals surface area (Å²) in [6.07, 6.45) is 44.3. The molecule has 1 unspecified atom stereocenters. The van der Waals surface area contributed by atoms with E-state index in [9.17, 15) is 14.4 Å². The molecule has 1 rings (SSSR count). The van der Waals surface area contributed by atoms with Gasteiger partial charge in [-0.25, -0.2) is 0 Å². The van der Waals surface area contributed by atoms with Crippen molar-refractivity contribution in [3.8, 4) is 0 Å². The molecule has 7 nitrogen and oxygen atoms in total. The fourth-order valence-electron chi connectivity index (χ4n) is 8.03. The molecule has 0 aromatic carbocycles. The highest BCUT2D eigenvalue weighted by Gasteiger charge is 2.51. The van der Waals surface area contributed by atoms with Crippen LogP contribution in [0, 0.1) is 0 Å². The Morgan fingerprint density at radius 2 is 1.05 bits per heavy atom. The predicted octanol–water partition coefficient (Wildman–Crippen LogP) is 12.4. The van der Waals surface area contributed by atoms with Crippen molar-refractivity contribution in [1.82, 2.24) is 15.1 Å². The Bertz CT molecular complexity index is 969. The van der Waals surface area contributed by atoms with Crippen LogP contribution >= 0.6 is 0 Å². The zero-order valence-electron chi connectivity index (χ0n) is 37.0. The fourth-order valence-corrected chi connectivity index (χ4v) is 8.03. The molecule has 0 spiro atoms. The summed E-state index contributed by atoms with van der Waals surface area (Å²) in [5, 5.41) is 3.12. The molecule has 0 saturated carbocycles. The molecule has 0 bridgehead atoms. The largest absolute Gasteiger partial charge is 0.466 e. The van der Waals surface area contributed by atoms with E-state index in [1.807, 2.05) is 4.90 Å². The molecule has 7 heteroatoms. The summed E-state index contributed by atoms with van der Waals surface area (Å²) >= 11 is 0. The number of hydrogen-bond donors (Lipinski definition) is 1. The fraction of sp³-hybridized carbons (Fsp3) is 0.854. The molecule has 1 saturated heterocycles. The summed E-state index contributed by atoms with van der Waals surface area (Å²) in [4.78, 5) is 44.7. The third kappa shape index (κ3) is 25.0. The van der Waals surface area contributed by atoms with Gasteiger partial charge in [0.1, 0.15) is 11.6 Å². The number of ether oxygens (including phenoxy) is 1. The van der Waals surface area contributed by atoms with Gasteiger partial charge < -0.3 is 19.9 Å². The number of allylic oxidation sites excluding steroid dienone is 4. The van der Waals surface area contributed by atoms with Gasteiger partial charge in [-0.1, -0.05) is 154 Å². The summed E-state index contributed by atoms with van der Waals surface area (Å²) in [5.41, 5.74) is -0.817. The topological polar surface area (TPSA) is 78.9 Å². The number of rotatable bonds is 38. The summed E-state index contributed by atoms with van der Waals surface area (Å²) in [5.74, 6) is -0.359. The van der Waals surface area contributed by atoms with Gasteiger partial charge >= 0.3 is 5.97 Å². The normalized spacial score (nSPS) is 15.9. The lowest BCUT2D eigenvalue weighted by Crippen LogP contribution is -2.70. The molecule has 1 aliphatic heterocycles. The second-order valence-electron chi connectivity index (χ2n) is 16.7. The van der Waals surface area contributed by atoms with Crippen molar-refractivity contribution in [1.29, 1.82) is 0 Å². The quantitative estimate of drug-likeness (QED) is 0.0384. The maximum absolute atomic E-state index is 14.3. The average Bonchev–Trinajstić information content (AvgIpc) is 3.16. The number of esters is 1. The molecule has 1 aliphatic rings. The Kier molecular flexibility index (Phi) is 32.4. The number of carbonyl (C=O) groups is 3. The van der Waals surface area contributed by atoms with Gasteiger partial charge in [-0.2, -0.15) is 0 Å². The van der Waals surface area contributed by atoms with Crippen LogP contribution in [0.5, 0.6) is 0 Å². The first-order valence-electron chi connectivity index (χ1n) is 23.5. The molecule has 1 heterocycles. The highest BCUT2D eigenvalue weighted by atomic mass is 16.5. The zero-order valence-corrected chi connectivity index (χ0v) is 37.0. The number of piperazine rings is 1. The van der Waals surface area contributed by atoms with Crippen LogP contribution < -0.4 is 5.32 Å². The van der Waals surface area contributed by atoms with Gasteiger partial charge in [-0.05, 0) is 105 Å². The number of hydrogen-bond acceptors (Lipinski definition) is 5. The molecule has 0 aliphatic carbocycles. The van der Waals surface area contributed by atoms with Crippen LogP contribution in [0.15, 0.2) is 24.3 Å². The molecule has 320 valence electrons. The lowest BCUT2D eigenvalue weighted by atomic mass is 9.80. The minimum atomic E-state index is -0.817. The van der Waals surface area contributed by atoms with Crippen LogP contribution in [0.4, 0.5) is 0 Å². The SMILES string of the molecule is CCCCCCCC/C=C/CCCCCCCC1(CCCCCCC/C=C/CCCCCCCC)C(=O)NC(CCC(=O)OCC)C(=O)N1CCCN(C)C. The number of nitrogens with zero attached hydrogens (tertiary/aromatic N) is 2. The highest BCUT2D eigenvalue weighted by Crippen LogP contribution is 2.35. The molecule has 1 N–H and O–H groups in total. The van der Waals surface area contributed by atoms with Crippen LogP contribution in [0.1, 0.15) is 220 Å². The average molecular weight is 772 g/mol.